The Balaban J connectivity index is 2.28. The van der Waals surface area contributed by atoms with Crippen LogP contribution in [-0.4, -0.2) is 14.3 Å². The number of nitrogens with zero attached hydrogens (tertiary/aromatic N) is 3. The minimum absolute atomic E-state index is 0.00220. The molecule has 2 aromatic carbocycles. The van der Waals surface area contributed by atoms with E-state index in [1.54, 1.807) is 4.68 Å². The highest BCUT2D eigenvalue weighted by Crippen LogP contribution is 2.33. The third-order valence-corrected chi connectivity index (χ3v) is 4.50. The van der Waals surface area contributed by atoms with E-state index in [1.807, 2.05) is 74.0 Å². The molecular weight excluding hydrogens is 298 g/mol. The lowest BCUT2D eigenvalue weighted by molar-refractivity contribution is 0.508. The number of fused-ring (bicyclic) bond motifs is 3. The van der Waals surface area contributed by atoms with Crippen LogP contribution < -0.4 is 5.56 Å². The molecule has 4 rings (SSSR count). The second kappa shape index (κ2) is 5.34. The first-order chi connectivity index (χ1) is 11.6. The molecule has 0 spiro atoms. The topological polar surface area (TPSA) is 39.8 Å². The van der Waals surface area contributed by atoms with Crippen molar-refractivity contribution in [1.29, 1.82) is 0 Å². The first-order valence-corrected chi connectivity index (χ1v) is 8.15. The van der Waals surface area contributed by atoms with Gasteiger partial charge in [-0.1, -0.05) is 48.5 Å². The zero-order valence-electron chi connectivity index (χ0n) is 14.0. The molecule has 0 fully saturated rings. The summed E-state index contributed by atoms with van der Waals surface area (Å²) in [5.74, 6) is 0. The molecule has 0 aliphatic carbocycles. The molecule has 0 amide bonds. The minimum Gasteiger partial charge on any atom is -0.339 e. The number of aromatic nitrogens is 3. The van der Waals surface area contributed by atoms with Gasteiger partial charge in [-0.25, -0.2) is 4.68 Å². The molecule has 0 unspecified atom stereocenters. The second-order valence-corrected chi connectivity index (χ2v) is 6.36. The molecule has 120 valence electrons. The van der Waals surface area contributed by atoms with Crippen LogP contribution in [0.4, 0.5) is 0 Å². The van der Waals surface area contributed by atoms with E-state index in [1.165, 1.54) is 0 Å². The largest absolute Gasteiger partial charge is 0.339 e. The molecule has 0 saturated carbocycles. The van der Waals surface area contributed by atoms with Crippen LogP contribution >= 0.6 is 0 Å². The summed E-state index contributed by atoms with van der Waals surface area (Å²) in [6.07, 6.45) is 0. The fourth-order valence-electron chi connectivity index (χ4n) is 3.34. The molecule has 0 saturated heterocycles. The zero-order chi connectivity index (χ0) is 16.8. The summed E-state index contributed by atoms with van der Waals surface area (Å²) in [6.45, 7) is 3.97. The number of benzene rings is 2. The molecule has 24 heavy (non-hydrogen) atoms. The lowest BCUT2D eigenvalue weighted by Crippen LogP contribution is -2.26. The van der Waals surface area contributed by atoms with Crippen LogP contribution in [-0.2, 0) is 7.05 Å². The Bertz CT molecular complexity index is 1100. The highest BCUT2D eigenvalue weighted by atomic mass is 16.1. The Labute approximate surface area is 140 Å². The number of hydrogen-bond acceptors (Lipinski definition) is 2. The maximum absolute atomic E-state index is 13.0. The van der Waals surface area contributed by atoms with Gasteiger partial charge in [0.2, 0.25) is 0 Å². The van der Waals surface area contributed by atoms with E-state index in [-0.39, 0.29) is 11.6 Å². The molecule has 0 atom stereocenters. The SMILES string of the molecule is CC(C)n1nc(-c2ccccc2)c2c3ccccc3n(C)c2c1=O. The van der Waals surface area contributed by atoms with Gasteiger partial charge in [0.05, 0.1) is 6.04 Å². The third-order valence-electron chi connectivity index (χ3n) is 4.50. The van der Waals surface area contributed by atoms with E-state index in [0.717, 1.165) is 27.5 Å². The number of rotatable bonds is 2. The maximum Gasteiger partial charge on any atom is 0.291 e. The Morgan fingerprint density at radius 3 is 2.33 bits per heavy atom. The maximum atomic E-state index is 13.0. The normalized spacial score (nSPS) is 11.7. The van der Waals surface area contributed by atoms with Crippen molar-refractivity contribution in [3.63, 3.8) is 0 Å². The standard InChI is InChI=1S/C20H19N3O/c1-13(2)23-20(24)19-17(15-11-7-8-12-16(15)22(19)3)18(21-23)14-9-5-4-6-10-14/h4-13H,1-3H3. The van der Waals surface area contributed by atoms with Crippen molar-refractivity contribution in [1.82, 2.24) is 14.3 Å². The van der Waals surface area contributed by atoms with Crippen molar-refractivity contribution in [3.05, 3.63) is 65.0 Å². The van der Waals surface area contributed by atoms with Crippen LogP contribution in [0, 0.1) is 0 Å². The summed E-state index contributed by atoms with van der Waals surface area (Å²) in [5, 5.41) is 6.72. The molecule has 0 aliphatic rings. The summed E-state index contributed by atoms with van der Waals surface area (Å²) in [4.78, 5) is 13.0. The zero-order valence-corrected chi connectivity index (χ0v) is 14.0. The average molecular weight is 317 g/mol. The van der Waals surface area contributed by atoms with Gasteiger partial charge in [0.1, 0.15) is 11.2 Å². The van der Waals surface area contributed by atoms with E-state index in [2.05, 4.69) is 6.07 Å². The molecular formula is C20H19N3O. The van der Waals surface area contributed by atoms with Crippen molar-refractivity contribution < 1.29 is 0 Å². The summed E-state index contributed by atoms with van der Waals surface area (Å²) < 4.78 is 3.57. The smallest absolute Gasteiger partial charge is 0.291 e. The van der Waals surface area contributed by atoms with E-state index < -0.39 is 0 Å². The van der Waals surface area contributed by atoms with Crippen LogP contribution in [0.2, 0.25) is 0 Å². The Hall–Kier alpha value is -2.88. The van der Waals surface area contributed by atoms with Gasteiger partial charge >= 0.3 is 0 Å². The number of aryl methyl sites for hydroxylation is 1. The molecule has 2 heterocycles. The molecule has 0 N–H and O–H groups in total. The van der Waals surface area contributed by atoms with Gasteiger partial charge in [-0.2, -0.15) is 5.10 Å². The number of para-hydroxylation sites is 1. The Kier molecular flexibility index (Phi) is 3.27. The van der Waals surface area contributed by atoms with Crippen LogP contribution in [0.15, 0.2) is 59.4 Å². The van der Waals surface area contributed by atoms with E-state index in [9.17, 15) is 4.79 Å². The minimum atomic E-state index is -0.0432. The predicted molar refractivity (Wildman–Crippen MR) is 98.3 cm³/mol. The quantitative estimate of drug-likeness (QED) is 0.557. The second-order valence-electron chi connectivity index (χ2n) is 6.36. The Morgan fingerprint density at radius 1 is 0.958 bits per heavy atom. The van der Waals surface area contributed by atoms with Crippen LogP contribution in [0.3, 0.4) is 0 Å². The van der Waals surface area contributed by atoms with Gasteiger partial charge in [-0.15, -0.1) is 0 Å². The molecule has 0 bridgehead atoms. The monoisotopic (exact) mass is 317 g/mol. The summed E-state index contributed by atoms with van der Waals surface area (Å²) >= 11 is 0. The molecule has 4 nitrogen and oxygen atoms in total. The lowest BCUT2D eigenvalue weighted by Gasteiger charge is -2.12. The van der Waals surface area contributed by atoms with Crippen LogP contribution in [0.5, 0.6) is 0 Å². The fraction of sp³-hybridized carbons (Fsp3) is 0.200. The highest BCUT2D eigenvalue weighted by molar-refractivity contribution is 6.13. The van der Waals surface area contributed by atoms with Crippen LogP contribution in [0.1, 0.15) is 19.9 Å². The van der Waals surface area contributed by atoms with E-state index in [0.29, 0.717) is 5.52 Å². The predicted octanol–water partition coefficient (Wildman–Crippen LogP) is 4.14. The van der Waals surface area contributed by atoms with Gasteiger partial charge in [0, 0.05) is 28.9 Å². The van der Waals surface area contributed by atoms with Crippen molar-refractivity contribution in [2.45, 2.75) is 19.9 Å². The van der Waals surface area contributed by atoms with Gasteiger partial charge in [-0.3, -0.25) is 4.79 Å². The first-order valence-electron chi connectivity index (χ1n) is 8.15. The first kappa shape index (κ1) is 14.7. The molecule has 0 radical (unpaired) electrons. The molecule has 0 aliphatic heterocycles. The van der Waals surface area contributed by atoms with Crippen molar-refractivity contribution in [2.75, 3.05) is 0 Å². The molecule has 4 heteroatoms. The van der Waals surface area contributed by atoms with Gasteiger partial charge < -0.3 is 4.57 Å². The summed E-state index contributed by atoms with van der Waals surface area (Å²) in [7, 11) is 1.95. The lowest BCUT2D eigenvalue weighted by atomic mass is 10.1. The molecule has 4 aromatic rings. The van der Waals surface area contributed by atoms with E-state index >= 15 is 0 Å². The highest BCUT2D eigenvalue weighted by Gasteiger charge is 2.20. The average Bonchev–Trinajstić information content (AvgIpc) is 2.90. The fourth-order valence-corrected chi connectivity index (χ4v) is 3.34. The Morgan fingerprint density at radius 2 is 1.62 bits per heavy atom. The van der Waals surface area contributed by atoms with Gasteiger partial charge in [-0.05, 0) is 19.9 Å². The third kappa shape index (κ3) is 1.99. The summed E-state index contributed by atoms with van der Waals surface area (Å²) in [6, 6.07) is 18.2. The van der Waals surface area contributed by atoms with Crippen molar-refractivity contribution in [2.24, 2.45) is 7.05 Å². The van der Waals surface area contributed by atoms with Gasteiger partial charge in [0.15, 0.2) is 0 Å². The van der Waals surface area contributed by atoms with Crippen molar-refractivity contribution >= 4 is 21.8 Å². The van der Waals surface area contributed by atoms with Crippen LogP contribution in [0.25, 0.3) is 33.1 Å². The number of hydrogen-bond donors (Lipinski definition) is 0. The van der Waals surface area contributed by atoms with Crippen molar-refractivity contribution in [3.8, 4) is 11.3 Å². The van der Waals surface area contributed by atoms with E-state index in [4.69, 9.17) is 5.10 Å². The molecule has 2 aromatic heterocycles. The summed E-state index contributed by atoms with van der Waals surface area (Å²) in [5.41, 5.74) is 3.59. The van der Waals surface area contributed by atoms with Gasteiger partial charge in [0.25, 0.3) is 5.56 Å².